The summed E-state index contributed by atoms with van der Waals surface area (Å²) in [6, 6.07) is 7.12. The van der Waals surface area contributed by atoms with Crippen molar-refractivity contribution in [3.05, 3.63) is 34.6 Å². The van der Waals surface area contributed by atoms with Crippen molar-refractivity contribution < 1.29 is 4.39 Å². The molecule has 2 nitrogen and oxygen atoms in total. The van der Waals surface area contributed by atoms with E-state index in [4.69, 9.17) is 16.9 Å². The molecule has 0 saturated carbocycles. The van der Waals surface area contributed by atoms with Gasteiger partial charge in [0.15, 0.2) is 0 Å². The van der Waals surface area contributed by atoms with E-state index in [1.165, 1.54) is 6.07 Å². The van der Waals surface area contributed by atoms with Crippen molar-refractivity contribution in [3.8, 4) is 6.07 Å². The number of rotatable bonds is 2. The van der Waals surface area contributed by atoms with Crippen LogP contribution >= 0.6 is 11.6 Å². The number of piperidine rings is 1. The normalized spacial score (nSPS) is 18.6. The van der Waals surface area contributed by atoms with Crippen molar-refractivity contribution >= 4 is 11.6 Å². The monoisotopic (exact) mass is 252 g/mol. The first kappa shape index (κ1) is 12.3. The number of hydrogen-bond acceptors (Lipinski definition) is 2. The van der Waals surface area contributed by atoms with Gasteiger partial charge < -0.3 is 5.32 Å². The number of nitriles is 1. The van der Waals surface area contributed by atoms with E-state index in [0.29, 0.717) is 6.42 Å². The third kappa shape index (κ3) is 2.43. The van der Waals surface area contributed by atoms with Crippen LogP contribution in [0.3, 0.4) is 0 Å². The van der Waals surface area contributed by atoms with E-state index in [1.54, 1.807) is 6.07 Å². The van der Waals surface area contributed by atoms with Crippen LogP contribution in [0, 0.1) is 17.1 Å². The van der Waals surface area contributed by atoms with Gasteiger partial charge in [-0.2, -0.15) is 5.26 Å². The average molecular weight is 253 g/mol. The van der Waals surface area contributed by atoms with Gasteiger partial charge in [0.25, 0.3) is 0 Å². The van der Waals surface area contributed by atoms with Crippen LogP contribution in [0.15, 0.2) is 18.2 Å². The molecule has 0 aromatic heterocycles. The quantitative estimate of drug-likeness (QED) is 0.878. The van der Waals surface area contributed by atoms with Crippen molar-refractivity contribution in [3.63, 3.8) is 0 Å². The van der Waals surface area contributed by atoms with Gasteiger partial charge in [-0.1, -0.05) is 17.7 Å². The Labute approximate surface area is 105 Å². The molecule has 0 bridgehead atoms. The fourth-order valence-corrected chi connectivity index (χ4v) is 2.57. The Morgan fingerprint density at radius 2 is 2.12 bits per heavy atom. The Hall–Kier alpha value is -1.11. The van der Waals surface area contributed by atoms with Crippen LogP contribution in [0.25, 0.3) is 0 Å². The molecule has 17 heavy (non-hydrogen) atoms. The lowest BCUT2D eigenvalue weighted by atomic mass is 9.71. The molecule has 0 amide bonds. The van der Waals surface area contributed by atoms with Crippen LogP contribution in [0.4, 0.5) is 4.39 Å². The second-order valence-corrected chi connectivity index (χ2v) is 4.90. The SMILES string of the molecule is N#CCC1(c2ccc(Cl)c(F)c2)CCNCC1. The molecule has 0 unspecified atom stereocenters. The van der Waals surface area contributed by atoms with E-state index in [-0.39, 0.29) is 10.4 Å². The van der Waals surface area contributed by atoms with Crippen LogP contribution in [0.1, 0.15) is 24.8 Å². The zero-order valence-corrected chi connectivity index (χ0v) is 10.2. The Morgan fingerprint density at radius 1 is 1.41 bits per heavy atom. The summed E-state index contributed by atoms with van der Waals surface area (Å²) in [6.45, 7) is 1.73. The summed E-state index contributed by atoms with van der Waals surface area (Å²) in [6.07, 6.45) is 2.15. The smallest absolute Gasteiger partial charge is 0.142 e. The molecular weight excluding hydrogens is 239 g/mol. The molecule has 1 saturated heterocycles. The molecule has 4 heteroatoms. The van der Waals surface area contributed by atoms with Gasteiger partial charge in [-0.15, -0.1) is 0 Å². The zero-order valence-electron chi connectivity index (χ0n) is 9.47. The second kappa shape index (κ2) is 5.03. The fraction of sp³-hybridized carbons (Fsp3) is 0.462. The summed E-state index contributed by atoms with van der Waals surface area (Å²) in [5.74, 6) is -0.403. The second-order valence-electron chi connectivity index (χ2n) is 4.49. The highest BCUT2D eigenvalue weighted by molar-refractivity contribution is 6.30. The summed E-state index contributed by atoms with van der Waals surface area (Å²) >= 11 is 5.69. The lowest BCUT2D eigenvalue weighted by Gasteiger charge is -2.36. The van der Waals surface area contributed by atoms with Crippen LogP contribution < -0.4 is 5.32 Å². The van der Waals surface area contributed by atoms with Crippen molar-refractivity contribution in [2.75, 3.05) is 13.1 Å². The van der Waals surface area contributed by atoms with Gasteiger partial charge in [-0.05, 0) is 43.6 Å². The molecule has 1 heterocycles. The van der Waals surface area contributed by atoms with Gasteiger partial charge in [-0.25, -0.2) is 4.39 Å². The Kier molecular flexibility index (Phi) is 3.66. The largest absolute Gasteiger partial charge is 0.317 e. The maximum atomic E-state index is 13.5. The molecule has 1 aromatic carbocycles. The van der Waals surface area contributed by atoms with Crippen LogP contribution in [-0.4, -0.2) is 13.1 Å². The van der Waals surface area contributed by atoms with Crippen molar-refractivity contribution in [2.45, 2.75) is 24.7 Å². The number of hydrogen-bond donors (Lipinski definition) is 1. The predicted molar refractivity (Wildman–Crippen MR) is 65.4 cm³/mol. The van der Waals surface area contributed by atoms with Gasteiger partial charge >= 0.3 is 0 Å². The minimum Gasteiger partial charge on any atom is -0.317 e. The highest BCUT2D eigenvalue weighted by atomic mass is 35.5. The molecule has 0 spiro atoms. The molecule has 1 N–H and O–H groups in total. The maximum absolute atomic E-state index is 13.5. The van der Waals surface area contributed by atoms with Crippen molar-refractivity contribution in [1.29, 1.82) is 5.26 Å². The minimum atomic E-state index is -0.403. The lowest BCUT2D eigenvalue weighted by molar-refractivity contribution is 0.311. The molecule has 0 atom stereocenters. The first-order valence-electron chi connectivity index (χ1n) is 5.71. The average Bonchev–Trinajstić information content (AvgIpc) is 2.34. The Morgan fingerprint density at radius 3 is 2.71 bits per heavy atom. The van der Waals surface area contributed by atoms with Crippen molar-refractivity contribution in [1.82, 2.24) is 5.32 Å². The Bertz CT molecular complexity index is 447. The van der Waals surface area contributed by atoms with Gasteiger partial charge in [-0.3, -0.25) is 0 Å². The summed E-state index contributed by atoms with van der Waals surface area (Å²) in [5, 5.41) is 12.4. The molecule has 1 aliphatic rings. The molecule has 1 aliphatic heterocycles. The van der Waals surface area contributed by atoms with Crippen molar-refractivity contribution in [2.24, 2.45) is 0 Å². The standard InChI is InChI=1S/C13H14ClFN2/c14-11-2-1-10(9-12(11)15)13(3-6-16)4-7-17-8-5-13/h1-2,9,17H,3-5,7-8H2. The fourth-order valence-electron chi connectivity index (χ4n) is 2.45. The number of halogens is 2. The van der Waals surface area contributed by atoms with Gasteiger partial charge in [0.2, 0.25) is 0 Å². The third-order valence-corrected chi connectivity index (χ3v) is 3.82. The molecule has 1 fully saturated rings. The highest BCUT2D eigenvalue weighted by Gasteiger charge is 2.34. The number of nitrogens with one attached hydrogen (secondary N) is 1. The zero-order chi connectivity index (χ0) is 12.3. The molecule has 0 radical (unpaired) electrons. The number of benzene rings is 1. The first-order chi connectivity index (χ1) is 8.18. The van der Waals surface area contributed by atoms with Crippen LogP contribution in [0.2, 0.25) is 5.02 Å². The first-order valence-corrected chi connectivity index (χ1v) is 6.09. The summed E-state index contributed by atoms with van der Waals surface area (Å²) < 4.78 is 13.5. The molecule has 0 aliphatic carbocycles. The predicted octanol–water partition coefficient (Wildman–Crippen LogP) is 3.01. The molecule has 2 rings (SSSR count). The van der Waals surface area contributed by atoms with Gasteiger partial charge in [0, 0.05) is 11.8 Å². The van der Waals surface area contributed by atoms with E-state index in [1.807, 2.05) is 6.07 Å². The van der Waals surface area contributed by atoms with E-state index in [2.05, 4.69) is 11.4 Å². The van der Waals surface area contributed by atoms with Gasteiger partial charge in [0.1, 0.15) is 5.82 Å². The summed E-state index contributed by atoms with van der Waals surface area (Å²) in [7, 11) is 0. The number of nitrogens with zero attached hydrogens (tertiary/aromatic N) is 1. The van der Waals surface area contributed by atoms with E-state index < -0.39 is 5.82 Å². The van der Waals surface area contributed by atoms with Gasteiger partial charge in [0.05, 0.1) is 11.1 Å². The van der Waals surface area contributed by atoms with E-state index in [9.17, 15) is 4.39 Å². The molecule has 90 valence electrons. The summed E-state index contributed by atoms with van der Waals surface area (Å²) in [5.41, 5.74) is 0.674. The highest BCUT2D eigenvalue weighted by Crippen LogP contribution is 2.37. The lowest BCUT2D eigenvalue weighted by Crippen LogP contribution is -2.39. The summed E-state index contributed by atoms with van der Waals surface area (Å²) in [4.78, 5) is 0. The minimum absolute atomic E-state index is 0.134. The van der Waals surface area contributed by atoms with Crippen LogP contribution in [0.5, 0.6) is 0 Å². The van der Waals surface area contributed by atoms with Crippen LogP contribution in [-0.2, 0) is 5.41 Å². The molecule has 1 aromatic rings. The third-order valence-electron chi connectivity index (χ3n) is 3.51. The van der Waals surface area contributed by atoms with E-state index in [0.717, 1.165) is 31.5 Å². The molecular formula is C13H14ClFN2. The topological polar surface area (TPSA) is 35.8 Å². The van der Waals surface area contributed by atoms with E-state index >= 15 is 0 Å². The Balaban J connectivity index is 2.38. The maximum Gasteiger partial charge on any atom is 0.142 e.